The van der Waals surface area contributed by atoms with Crippen molar-refractivity contribution in [1.82, 2.24) is 0 Å². The molecule has 1 aliphatic heterocycles. The van der Waals surface area contributed by atoms with Crippen molar-refractivity contribution in [2.75, 3.05) is 0 Å². The highest BCUT2D eigenvalue weighted by Crippen LogP contribution is 2.35. The van der Waals surface area contributed by atoms with Crippen molar-refractivity contribution in [2.24, 2.45) is 0 Å². The molecule has 0 bridgehead atoms. The summed E-state index contributed by atoms with van der Waals surface area (Å²) in [5.74, 6) is 1.59. The van der Waals surface area contributed by atoms with Gasteiger partial charge in [0.2, 0.25) is 0 Å². The van der Waals surface area contributed by atoms with E-state index in [0.29, 0.717) is 0 Å². The second-order valence-electron chi connectivity index (χ2n) is 3.36. The lowest BCUT2D eigenvalue weighted by atomic mass is 10.1. The number of rotatable bonds is 1. The summed E-state index contributed by atoms with van der Waals surface area (Å²) in [6.07, 6.45) is 5.34. The van der Waals surface area contributed by atoms with Gasteiger partial charge in [-0.2, -0.15) is 0 Å². The van der Waals surface area contributed by atoms with Crippen LogP contribution in [-0.4, -0.2) is 0 Å². The Kier molecular flexibility index (Phi) is 2.67. The maximum absolute atomic E-state index is 5.64. The maximum Gasteiger partial charge on any atom is 0.364 e. The topological polar surface area (TPSA) is 20.5 Å². The third kappa shape index (κ3) is 1.48. The van der Waals surface area contributed by atoms with Gasteiger partial charge in [0.1, 0.15) is 16.9 Å². The van der Waals surface area contributed by atoms with Crippen LogP contribution in [0, 0.1) is 0 Å². The van der Waals surface area contributed by atoms with E-state index in [-0.39, 0.29) is 12.4 Å². The molecule has 2 nitrogen and oxygen atoms in total. The van der Waals surface area contributed by atoms with Crippen molar-refractivity contribution in [3.05, 3.63) is 54.5 Å². The third-order valence-electron chi connectivity index (χ3n) is 2.45. The average molecular weight is 233 g/mol. The fourth-order valence-corrected chi connectivity index (χ4v) is 1.77. The number of hydrogen-bond acceptors (Lipinski definition) is 1. The van der Waals surface area contributed by atoms with Crippen LogP contribution in [0.25, 0.3) is 17.0 Å². The SMILES string of the molecule is C=CC1=Cc2cc[o+]c3cccc(c23)O1.[Cl-]. The second kappa shape index (κ2) is 3.99. The molecule has 16 heavy (non-hydrogen) atoms. The van der Waals surface area contributed by atoms with Gasteiger partial charge in [-0.15, -0.1) is 0 Å². The zero-order valence-electron chi connectivity index (χ0n) is 8.44. The van der Waals surface area contributed by atoms with E-state index in [1.54, 1.807) is 12.3 Å². The van der Waals surface area contributed by atoms with E-state index in [1.807, 2.05) is 30.3 Å². The Morgan fingerprint density at radius 2 is 2.12 bits per heavy atom. The summed E-state index contributed by atoms with van der Waals surface area (Å²) in [6, 6.07) is 7.70. The monoisotopic (exact) mass is 232 g/mol. The van der Waals surface area contributed by atoms with Crippen molar-refractivity contribution in [3.8, 4) is 5.75 Å². The lowest BCUT2D eigenvalue weighted by Crippen LogP contribution is -3.00. The molecule has 0 spiro atoms. The Hall–Kier alpha value is -1.80. The molecular weight excluding hydrogens is 224 g/mol. The highest BCUT2D eigenvalue weighted by Gasteiger charge is 2.19. The lowest BCUT2D eigenvalue weighted by molar-refractivity contribution is -0.00000379. The third-order valence-corrected chi connectivity index (χ3v) is 2.45. The Balaban J connectivity index is 0.000000963. The van der Waals surface area contributed by atoms with E-state index in [0.717, 1.165) is 28.0 Å². The summed E-state index contributed by atoms with van der Waals surface area (Å²) in [4.78, 5) is 0. The summed E-state index contributed by atoms with van der Waals surface area (Å²) < 4.78 is 11.0. The lowest BCUT2D eigenvalue weighted by Gasteiger charge is -2.12. The fourth-order valence-electron chi connectivity index (χ4n) is 1.77. The molecule has 1 aliphatic rings. The molecule has 0 amide bonds. The van der Waals surface area contributed by atoms with Gasteiger partial charge in [0.15, 0.2) is 0 Å². The van der Waals surface area contributed by atoms with Gasteiger partial charge in [-0.3, -0.25) is 0 Å². The first kappa shape index (κ1) is 10.7. The Bertz CT molecular complexity index is 582. The minimum Gasteiger partial charge on any atom is -1.00 e. The smallest absolute Gasteiger partial charge is 0.364 e. The molecule has 1 aromatic carbocycles. The quantitative estimate of drug-likeness (QED) is 0.673. The molecule has 0 fully saturated rings. The van der Waals surface area contributed by atoms with Gasteiger partial charge in [-0.05, 0) is 24.3 Å². The number of hydrogen-bond donors (Lipinski definition) is 0. The highest BCUT2D eigenvalue weighted by atomic mass is 35.5. The minimum atomic E-state index is 0. The molecule has 0 atom stereocenters. The van der Waals surface area contributed by atoms with Gasteiger partial charge >= 0.3 is 11.8 Å². The molecule has 3 heteroatoms. The van der Waals surface area contributed by atoms with E-state index < -0.39 is 0 Å². The molecule has 80 valence electrons. The zero-order valence-corrected chi connectivity index (χ0v) is 9.20. The van der Waals surface area contributed by atoms with Crippen molar-refractivity contribution in [2.45, 2.75) is 0 Å². The first-order chi connectivity index (χ1) is 7.38. The summed E-state index contributed by atoms with van der Waals surface area (Å²) in [7, 11) is 0. The van der Waals surface area contributed by atoms with E-state index >= 15 is 0 Å². The molecule has 2 aromatic rings. The van der Waals surface area contributed by atoms with Crippen molar-refractivity contribution < 1.29 is 21.6 Å². The second-order valence-corrected chi connectivity index (χ2v) is 3.36. The van der Waals surface area contributed by atoms with Crippen molar-refractivity contribution >= 4 is 17.0 Å². The number of allylic oxidation sites excluding steroid dienone is 1. The molecule has 0 unspecified atom stereocenters. The van der Waals surface area contributed by atoms with Gasteiger partial charge in [-0.25, -0.2) is 4.42 Å². The minimum absolute atomic E-state index is 0. The zero-order chi connectivity index (χ0) is 10.3. The van der Waals surface area contributed by atoms with Crippen LogP contribution in [-0.2, 0) is 0 Å². The average Bonchev–Trinajstić information content (AvgIpc) is 2.29. The predicted octanol–water partition coefficient (Wildman–Crippen LogP) is 0.637. The van der Waals surface area contributed by atoms with Crippen molar-refractivity contribution in [3.63, 3.8) is 0 Å². The van der Waals surface area contributed by atoms with Crippen molar-refractivity contribution in [1.29, 1.82) is 0 Å². The van der Waals surface area contributed by atoms with E-state index in [2.05, 4.69) is 6.58 Å². The Morgan fingerprint density at radius 3 is 2.94 bits per heavy atom. The van der Waals surface area contributed by atoms with Crippen LogP contribution in [0.5, 0.6) is 5.75 Å². The number of ether oxygens (including phenoxy) is 1. The summed E-state index contributed by atoms with van der Waals surface area (Å²) >= 11 is 0. The number of halogens is 1. The fraction of sp³-hybridized carbons (Fsp3) is 0. The summed E-state index contributed by atoms with van der Waals surface area (Å²) in [5.41, 5.74) is 1.94. The highest BCUT2D eigenvalue weighted by molar-refractivity contribution is 5.93. The standard InChI is InChI=1S/C13H9O2.ClH/c1-2-10-8-9-6-7-14-11-4-3-5-12(15-10)13(9)11;/h2-8H,1H2;1H/q+1;/p-1. The normalized spacial score (nSPS) is 12.4. The molecule has 2 heterocycles. The van der Waals surface area contributed by atoms with E-state index in [1.165, 1.54) is 0 Å². The van der Waals surface area contributed by atoms with Gasteiger partial charge in [0.25, 0.3) is 0 Å². The van der Waals surface area contributed by atoms with Gasteiger partial charge in [0, 0.05) is 17.7 Å². The van der Waals surface area contributed by atoms with Crippen LogP contribution >= 0.6 is 0 Å². The molecule has 0 aliphatic carbocycles. The molecule has 0 saturated carbocycles. The maximum atomic E-state index is 5.64. The van der Waals surface area contributed by atoms with Crippen LogP contribution in [0.1, 0.15) is 5.56 Å². The Morgan fingerprint density at radius 1 is 1.25 bits per heavy atom. The van der Waals surface area contributed by atoms with Crippen LogP contribution in [0.3, 0.4) is 0 Å². The molecule has 1 aromatic heterocycles. The molecular formula is C13H9ClO2. The van der Waals surface area contributed by atoms with Gasteiger partial charge in [-0.1, -0.05) is 6.58 Å². The van der Waals surface area contributed by atoms with Crippen LogP contribution in [0.2, 0.25) is 0 Å². The van der Waals surface area contributed by atoms with E-state index in [9.17, 15) is 0 Å². The number of benzene rings is 1. The summed E-state index contributed by atoms with van der Waals surface area (Å²) in [5, 5.41) is 1.02. The van der Waals surface area contributed by atoms with E-state index in [4.69, 9.17) is 9.15 Å². The van der Waals surface area contributed by atoms with Crippen LogP contribution in [0.4, 0.5) is 0 Å². The largest absolute Gasteiger partial charge is 1.00 e. The molecule has 0 N–H and O–H groups in total. The van der Waals surface area contributed by atoms with Crippen LogP contribution < -0.4 is 17.1 Å². The molecule has 3 rings (SSSR count). The first-order valence-corrected chi connectivity index (χ1v) is 4.74. The van der Waals surface area contributed by atoms with Crippen LogP contribution in [0.15, 0.2) is 53.4 Å². The van der Waals surface area contributed by atoms with Gasteiger partial charge in [0.05, 0.1) is 0 Å². The molecule has 0 radical (unpaired) electrons. The molecule has 0 saturated heterocycles. The predicted molar refractivity (Wildman–Crippen MR) is 59.4 cm³/mol. The first-order valence-electron chi connectivity index (χ1n) is 4.74. The van der Waals surface area contributed by atoms with Gasteiger partial charge < -0.3 is 17.1 Å². The Labute approximate surface area is 99.3 Å². The summed E-state index contributed by atoms with van der Waals surface area (Å²) in [6.45, 7) is 3.70.